The SMILES string of the molecule is CNC(C)(C)c1cncn1CC1COCCO1. The lowest BCUT2D eigenvalue weighted by Crippen LogP contribution is -2.38. The van der Waals surface area contributed by atoms with Crippen molar-refractivity contribution in [2.24, 2.45) is 0 Å². The Morgan fingerprint density at radius 3 is 3.00 bits per heavy atom. The maximum atomic E-state index is 5.66. The van der Waals surface area contributed by atoms with Gasteiger partial charge in [-0.3, -0.25) is 0 Å². The third-order valence-electron chi connectivity index (χ3n) is 3.26. The molecule has 1 N–H and O–H groups in total. The van der Waals surface area contributed by atoms with Crippen LogP contribution in [0.15, 0.2) is 12.5 Å². The van der Waals surface area contributed by atoms with Gasteiger partial charge in [0.2, 0.25) is 0 Å². The molecule has 0 saturated carbocycles. The second-order valence-electron chi connectivity index (χ2n) is 4.87. The van der Waals surface area contributed by atoms with Gasteiger partial charge in [-0.2, -0.15) is 0 Å². The van der Waals surface area contributed by atoms with Crippen molar-refractivity contribution in [2.75, 3.05) is 26.9 Å². The molecule has 0 amide bonds. The molecule has 1 aliphatic rings. The summed E-state index contributed by atoms with van der Waals surface area (Å²) in [6.45, 7) is 7.12. The molecule has 0 aliphatic carbocycles. The summed E-state index contributed by atoms with van der Waals surface area (Å²) in [6, 6.07) is 0. The van der Waals surface area contributed by atoms with Gasteiger partial charge >= 0.3 is 0 Å². The van der Waals surface area contributed by atoms with Crippen molar-refractivity contribution < 1.29 is 9.47 Å². The maximum absolute atomic E-state index is 5.66. The molecule has 1 aliphatic heterocycles. The molecule has 0 spiro atoms. The summed E-state index contributed by atoms with van der Waals surface area (Å²) in [7, 11) is 1.96. The van der Waals surface area contributed by atoms with Gasteiger partial charge in [0.05, 0.1) is 50.0 Å². The van der Waals surface area contributed by atoms with E-state index in [9.17, 15) is 0 Å². The fourth-order valence-electron chi connectivity index (χ4n) is 1.98. The van der Waals surface area contributed by atoms with Crippen LogP contribution in [0.5, 0.6) is 0 Å². The average Bonchev–Trinajstić information content (AvgIpc) is 2.79. The number of rotatable bonds is 4. The van der Waals surface area contributed by atoms with Crippen LogP contribution >= 0.6 is 0 Å². The van der Waals surface area contributed by atoms with Crippen LogP contribution in [0, 0.1) is 0 Å². The average molecular weight is 239 g/mol. The predicted molar refractivity (Wildman–Crippen MR) is 64.9 cm³/mol. The number of nitrogens with one attached hydrogen (secondary N) is 1. The highest BCUT2D eigenvalue weighted by atomic mass is 16.6. The van der Waals surface area contributed by atoms with Gasteiger partial charge in [0.15, 0.2) is 0 Å². The summed E-state index contributed by atoms with van der Waals surface area (Å²) in [5.74, 6) is 0. The first-order chi connectivity index (χ1) is 8.13. The zero-order chi connectivity index (χ0) is 12.3. The fraction of sp³-hybridized carbons (Fsp3) is 0.750. The molecule has 96 valence electrons. The lowest BCUT2D eigenvalue weighted by Gasteiger charge is -2.28. The summed E-state index contributed by atoms with van der Waals surface area (Å²) in [5.41, 5.74) is 1.07. The summed E-state index contributed by atoms with van der Waals surface area (Å²) in [4.78, 5) is 4.23. The minimum Gasteiger partial charge on any atom is -0.376 e. The van der Waals surface area contributed by atoms with Crippen LogP contribution in [0.1, 0.15) is 19.5 Å². The molecule has 1 saturated heterocycles. The number of imidazole rings is 1. The predicted octanol–water partition coefficient (Wildman–Crippen LogP) is 0.753. The van der Waals surface area contributed by atoms with Crippen molar-refractivity contribution in [1.29, 1.82) is 0 Å². The van der Waals surface area contributed by atoms with Gasteiger partial charge in [-0.25, -0.2) is 4.98 Å². The smallest absolute Gasteiger partial charge is 0.0988 e. The van der Waals surface area contributed by atoms with Gasteiger partial charge in [-0.1, -0.05) is 0 Å². The van der Waals surface area contributed by atoms with E-state index < -0.39 is 0 Å². The van der Waals surface area contributed by atoms with E-state index in [0.29, 0.717) is 19.8 Å². The van der Waals surface area contributed by atoms with Crippen molar-refractivity contribution in [1.82, 2.24) is 14.9 Å². The fourth-order valence-corrected chi connectivity index (χ4v) is 1.98. The molecule has 2 rings (SSSR count). The lowest BCUT2D eigenvalue weighted by molar-refractivity contribution is -0.0939. The Balaban J connectivity index is 2.08. The summed E-state index contributed by atoms with van der Waals surface area (Å²) < 4.78 is 13.2. The molecule has 5 nitrogen and oxygen atoms in total. The van der Waals surface area contributed by atoms with E-state index in [1.165, 1.54) is 0 Å². The Labute approximate surface area is 102 Å². The first-order valence-corrected chi connectivity index (χ1v) is 6.02. The normalized spacial score (nSPS) is 21.7. The van der Waals surface area contributed by atoms with Crippen LogP contribution in [0.4, 0.5) is 0 Å². The highest BCUT2D eigenvalue weighted by Gasteiger charge is 2.24. The summed E-state index contributed by atoms with van der Waals surface area (Å²) in [6.07, 6.45) is 3.89. The molecular weight excluding hydrogens is 218 g/mol. The molecule has 1 atom stereocenters. The second-order valence-corrected chi connectivity index (χ2v) is 4.87. The minimum atomic E-state index is -0.0912. The van der Waals surface area contributed by atoms with Gasteiger partial charge in [0.1, 0.15) is 0 Å². The van der Waals surface area contributed by atoms with Crippen molar-refractivity contribution in [3.05, 3.63) is 18.2 Å². The molecule has 0 radical (unpaired) electrons. The molecule has 2 heterocycles. The second kappa shape index (κ2) is 5.16. The monoisotopic (exact) mass is 239 g/mol. The van der Waals surface area contributed by atoms with Crippen molar-refractivity contribution in [2.45, 2.75) is 32.0 Å². The van der Waals surface area contributed by atoms with Gasteiger partial charge < -0.3 is 19.4 Å². The molecule has 1 aromatic heterocycles. The molecular formula is C12H21N3O2. The van der Waals surface area contributed by atoms with Crippen LogP contribution in [0.2, 0.25) is 0 Å². The van der Waals surface area contributed by atoms with E-state index in [2.05, 4.69) is 28.7 Å². The Hall–Kier alpha value is -0.910. The molecule has 0 aromatic carbocycles. The minimum absolute atomic E-state index is 0.0912. The Morgan fingerprint density at radius 1 is 1.53 bits per heavy atom. The van der Waals surface area contributed by atoms with Crippen LogP contribution in [0.25, 0.3) is 0 Å². The van der Waals surface area contributed by atoms with Crippen molar-refractivity contribution >= 4 is 0 Å². The van der Waals surface area contributed by atoms with Gasteiger partial charge in [-0.15, -0.1) is 0 Å². The van der Waals surface area contributed by atoms with Crippen molar-refractivity contribution in [3.8, 4) is 0 Å². The van der Waals surface area contributed by atoms with Crippen LogP contribution in [0.3, 0.4) is 0 Å². The zero-order valence-electron chi connectivity index (χ0n) is 10.8. The van der Waals surface area contributed by atoms with Crippen molar-refractivity contribution in [3.63, 3.8) is 0 Å². The topological polar surface area (TPSA) is 48.3 Å². The van der Waals surface area contributed by atoms with Gasteiger partial charge in [-0.05, 0) is 20.9 Å². The molecule has 1 unspecified atom stereocenters. The Morgan fingerprint density at radius 2 is 2.35 bits per heavy atom. The summed E-state index contributed by atoms with van der Waals surface area (Å²) in [5, 5.41) is 3.29. The molecule has 0 bridgehead atoms. The van der Waals surface area contributed by atoms with Gasteiger partial charge in [0, 0.05) is 6.20 Å². The lowest BCUT2D eigenvalue weighted by atomic mass is 10.0. The zero-order valence-corrected chi connectivity index (χ0v) is 10.8. The van der Waals surface area contributed by atoms with E-state index in [-0.39, 0.29) is 11.6 Å². The third-order valence-corrected chi connectivity index (χ3v) is 3.26. The van der Waals surface area contributed by atoms with E-state index in [1.807, 2.05) is 19.6 Å². The van der Waals surface area contributed by atoms with Crippen LogP contribution < -0.4 is 5.32 Å². The first kappa shape index (κ1) is 12.5. The maximum Gasteiger partial charge on any atom is 0.0988 e. The molecule has 1 aromatic rings. The number of hydrogen-bond donors (Lipinski definition) is 1. The number of aromatic nitrogens is 2. The van der Waals surface area contributed by atoms with Gasteiger partial charge in [0.25, 0.3) is 0 Å². The van der Waals surface area contributed by atoms with E-state index in [0.717, 1.165) is 12.2 Å². The third kappa shape index (κ3) is 2.86. The molecule has 17 heavy (non-hydrogen) atoms. The van der Waals surface area contributed by atoms with E-state index in [1.54, 1.807) is 0 Å². The highest BCUT2D eigenvalue weighted by Crippen LogP contribution is 2.19. The summed E-state index contributed by atoms with van der Waals surface area (Å²) >= 11 is 0. The van der Waals surface area contributed by atoms with E-state index in [4.69, 9.17) is 9.47 Å². The molecule has 1 fully saturated rings. The Bertz CT molecular complexity index is 356. The largest absolute Gasteiger partial charge is 0.376 e. The quantitative estimate of drug-likeness (QED) is 0.842. The number of nitrogens with zero attached hydrogens (tertiary/aromatic N) is 2. The Kier molecular flexibility index (Phi) is 3.81. The van der Waals surface area contributed by atoms with Crippen LogP contribution in [-0.2, 0) is 21.6 Å². The number of ether oxygens (including phenoxy) is 2. The number of hydrogen-bond acceptors (Lipinski definition) is 4. The van der Waals surface area contributed by atoms with Crippen LogP contribution in [-0.4, -0.2) is 42.5 Å². The first-order valence-electron chi connectivity index (χ1n) is 6.02. The standard InChI is InChI=1S/C12H21N3O2/c1-12(2,13-3)11-6-14-9-15(11)7-10-8-16-4-5-17-10/h6,9-10,13H,4-5,7-8H2,1-3H3. The highest BCUT2D eigenvalue weighted by molar-refractivity contribution is 5.11. The van der Waals surface area contributed by atoms with E-state index >= 15 is 0 Å². The molecule has 5 heteroatoms.